The summed E-state index contributed by atoms with van der Waals surface area (Å²) in [5.74, 6) is -0.612. The van der Waals surface area contributed by atoms with Crippen molar-refractivity contribution in [2.75, 3.05) is 13.2 Å². The van der Waals surface area contributed by atoms with E-state index in [0.717, 1.165) is 16.7 Å². The quantitative estimate of drug-likeness (QED) is 0.657. The summed E-state index contributed by atoms with van der Waals surface area (Å²) in [4.78, 5) is 41.1. The number of ether oxygens (including phenoxy) is 2. The van der Waals surface area contributed by atoms with E-state index >= 15 is 0 Å². The lowest BCUT2D eigenvalue weighted by atomic mass is 9.97. The number of amides is 2. The average Bonchev–Trinajstić information content (AvgIpc) is 3.01. The molecule has 0 saturated heterocycles. The summed E-state index contributed by atoms with van der Waals surface area (Å²) in [5, 5.41) is 0. The van der Waals surface area contributed by atoms with E-state index in [9.17, 15) is 14.4 Å². The molecule has 0 aliphatic carbocycles. The van der Waals surface area contributed by atoms with Crippen LogP contribution in [0, 0.1) is 6.92 Å². The molecular weight excluding hydrogens is 384 g/mol. The van der Waals surface area contributed by atoms with Crippen molar-refractivity contribution in [2.45, 2.75) is 79.1 Å². The number of hydrogen-bond donors (Lipinski definition) is 0. The predicted molar refractivity (Wildman–Crippen MR) is 114 cm³/mol. The molecule has 1 aliphatic heterocycles. The molecule has 1 heterocycles. The highest BCUT2D eigenvalue weighted by molar-refractivity contribution is 5.82. The second-order valence-corrected chi connectivity index (χ2v) is 9.38. The van der Waals surface area contributed by atoms with E-state index in [-0.39, 0.29) is 25.5 Å². The molecule has 166 valence electrons. The van der Waals surface area contributed by atoms with Gasteiger partial charge in [-0.05, 0) is 59.6 Å². The average molecular weight is 419 g/mol. The van der Waals surface area contributed by atoms with Crippen LogP contribution in [0.3, 0.4) is 0 Å². The van der Waals surface area contributed by atoms with Gasteiger partial charge < -0.3 is 14.4 Å². The van der Waals surface area contributed by atoms with Gasteiger partial charge in [0.2, 0.25) is 5.91 Å². The summed E-state index contributed by atoms with van der Waals surface area (Å²) in [5.41, 5.74) is 1.79. The number of aryl methyl sites for hydroxylation is 1. The van der Waals surface area contributed by atoms with Gasteiger partial charge in [-0.1, -0.05) is 23.8 Å². The van der Waals surface area contributed by atoms with Crippen LogP contribution in [-0.2, 0) is 32.2 Å². The summed E-state index contributed by atoms with van der Waals surface area (Å²) < 4.78 is 10.5. The minimum atomic E-state index is -0.934. The minimum Gasteiger partial charge on any atom is -0.465 e. The first-order valence-electron chi connectivity index (χ1n) is 10.3. The molecule has 1 aromatic carbocycles. The van der Waals surface area contributed by atoms with Crippen molar-refractivity contribution in [3.63, 3.8) is 0 Å². The summed E-state index contributed by atoms with van der Waals surface area (Å²) in [6, 6.07) is 6.19. The van der Waals surface area contributed by atoms with Gasteiger partial charge in [0.25, 0.3) is 0 Å². The Balaban J connectivity index is 2.15. The van der Waals surface area contributed by atoms with E-state index in [0.29, 0.717) is 13.1 Å². The molecule has 2 rings (SSSR count). The summed E-state index contributed by atoms with van der Waals surface area (Å²) >= 11 is 0. The molecule has 0 unspecified atom stereocenters. The van der Waals surface area contributed by atoms with Crippen molar-refractivity contribution >= 4 is 18.0 Å². The second-order valence-electron chi connectivity index (χ2n) is 9.38. The van der Waals surface area contributed by atoms with Crippen molar-refractivity contribution in [1.29, 1.82) is 0 Å². The maximum Gasteiger partial charge on any atom is 0.411 e. The van der Waals surface area contributed by atoms with E-state index in [4.69, 9.17) is 9.47 Å². The van der Waals surface area contributed by atoms with Gasteiger partial charge in [-0.15, -0.1) is 0 Å². The Morgan fingerprint density at radius 2 is 1.70 bits per heavy atom. The third-order valence-electron chi connectivity index (χ3n) is 4.96. The van der Waals surface area contributed by atoms with Crippen LogP contribution in [-0.4, -0.2) is 52.1 Å². The van der Waals surface area contributed by atoms with Gasteiger partial charge in [-0.3, -0.25) is 14.5 Å². The fourth-order valence-electron chi connectivity index (χ4n) is 3.46. The van der Waals surface area contributed by atoms with Crippen LogP contribution in [0.15, 0.2) is 18.2 Å². The van der Waals surface area contributed by atoms with Crippen molar-refractivity contribution in [2.24, 2.45) is 0 Å². The van der Waals surface area contributed by atoms with Crippen LogP contribution >= 0.6 is 0 Å². The maximum absolute atomic E-state index is 13.1. The number of esters is 1. The van der Waals surface area contributed by atoms with Crippen molar-refractivity contribution < 1.29 is 23.9 Å². The fraction of sp³-hybridized carbons (Fsp3) is 0.609. The Bertz CT molecular complexity index is 810. The minimum absolute atomic E-state index is 0.0681. The monoisotopic (exact) mass is 418 g/mol. The highest BCUT2D eigenvalue weighted by Gasteiger charge is 2.39. The number of nitrogens with zero attached hydrogens (tertiary/aromatic N) is 2. The SMILES string of the molecule is CCOC(=O)CN(C(=O)OC(C)(C)C)C(C)(C)CC(=O)N1Cc2ccc(C)cc2C1. The maximum atomic E-state index is 13.1. The zero-order valence-electron chi connectivity index (χ0n) is 19.2. The third-order valence-corrected chi connectivity index (χ3v) is 4.96. The smallest absolute Gasteiger partial charge is 0.411 e. The Kier molecular flexibility index (Phi) is 7.16. The lowest BCUT2D eigenvalue weighted by Gasteiger charge is -2.39. The molecule has 1 aromatic rings. The highest BCUT2D eigenvalue weighted by atomic mass is 16.6. The number of rotatable bonds is 6. The zero-order valence-corrected chi connectivity index (χ0v) is 19.2. The van der Waals surface area contributed by atoms with Gasteiger partial charge >= 0.3 is 12.1 Å². The van der Waals surface area contributed by atoms with Crippen LogP contribution in [0.4, 0.5) is 4.79 Å². The first-order valence-corrected chi connectivity index (χ1v) is 10.3. The second kappa shape index (κ2) is 9.06. The van der Waals surface area contributed by atoms with E-state index in [1.165, 1.54) is 4.90 Å². The topological polar surface area (TPSA) is 76.1 Å². The van der Waals surface area contributed by atoms with E-state index < -0.39 is 23.2 Å². The van der Waals surface area contributed by atoms with Crippen LogP contribution < -0.4 is 0 Å². The molecule has 1 aliphatic rings. The Morgan fingerprint density at radius 3 is 2.30 bits per heavy atom. The summed E-state index contributed by atoms with van der Waals surface area (Å²) in [6.07, 6.45) is -0.577. The third kappa shape index (κ3) is 6.21. The molecule has 0 fully saturated rings. The Labute approximate surface area is 179 Å². The standard InChI is InChI=1S/C23H34N2O5/c1-8-29-20(27)15-25(21(28)30-22(3,4)5)23(6,7)12-19(26)24-13-17-10-9-16(2)11-18(17)14-24/h9-11H,8,12-15H2,1-7H3. The summed E-state index contributed by atoms with van der Waals surface area (Å²) in [7, 11) is 0. The molecule has 2 amide bonds. The molecule has 0 saturated carbocycles. The number of carbonyl (C=O) groups is 3. The first-order chi connectivity index (χ1) is 13.8. The molecule has 0 spiro atoms. The Hall–Kier alpha value is -2.57. The van der Waals surface area contributed by atoms with Gasteiger partial charge in [-0.25, -0.2) is 4.79 Å². The van der Waals surface area contributed by atoms with Crippen LogP contribution in [0.25, 0.3) is 0 Å². The van der Waals surface area contributed by atoms with Crippen molar-refractivity contribution in [3.8, 4) is 0 Å². The first kappa shape index (κ1) is 23.7. The summed E-state index contributed by atoms with van der Waals surface area (Å²) in [6.45, 7) is 13.6. The van der Waals surface area contributed by atoms with E-state index in [2.05, 4.69) is 12.1 Å². The number of benzene rings is 1. The lowest BCUT2D eigenvalue weighted by Crippen LogP contribution is -2.53. The van der Waals surface area contributed by atoms with Crippen LogP contribution in [0.1, 0.15) is 64.7 Å². The molecule has 0 atom stereocenters. The van der Waals surface area contributed by atoms with Crippen LogP contribution in [0.2, 0.25) is 0 Å². The molecule has 0 N–H and O–H groups in total. The zero-order chi connectivity index (χ0) is 22.7. The molecule has 0 aromatic heterocycles. The fourth-order valence-corrected chi connectivity index (χ4v) is 3.46. The molecule has 0 bridgehead atoms. The molecular formula is C23H34N2O5. The van der Waals surface area contributed by atoms with Crippen molar-refractivity contribution in [3.05, 3.63) is 34.9 Å². The van der Waals surface area contributed by atoms with Crippen molar-refractivity contribution in [1.82, 2.24) is 9.80 Å². The number of fused-ring (bicyclic) bond motifs is 1. The van der Waals surface area contributed by atoms with Crippen LogP contribution in [0.5, 0.6) is 0 Å². The molecule has 0 radical (unpaired) electrons. The molecule has 30 heavy (non-hydrogen) atoms. The van der Waals surface area contributed by atoms with Gasteiger partial charge in [0.1, 0.15) is 12.1 Å². The van der Waals surface area contributed by atoms with Gasteiger partial charge in [0, 0.05) is 19.5 Å². The normalized spacial score (nSPS) is 13.6. The largest absolute Gasteiger partial charge is 0.465 e. The molecule has 7 nitrogen and oxygen atoms in total. The lowest BCUT2D eigenvalue weighted by molar-refractivity contribution is -0.147. The highest BCUT2D eigenvalue weighted by Crippen LogP contribution is 2.28. The number of hydrogen-bond acceptors (Lipinski definition) is 5. The van der Waals surface area contributed by atoms with Gasteiger partial charge in [0.05, 0.1) is 12.1 Å². The van der Waals surface area contributed by atoms with E-state index in [1.54, 1.807) is 46.4 Å². The molecule has 7 heteroatoms. The van der Waals surface area contributed by atoms with E-state index in [1.807, 2.05) is 13.0 Å². The van der Waals surface area contributed by atoms with Gasteiger partial charge in [-0.2, -0.15) is 0 Å². The Morgan fingerprint density at radius 1 is 1.07 bits per heavy atom. The van der Waals surface area contributed by atoms with Gasteiger partial charge in [0.15, 0.2) is 0 Å². The predicted octanol–water partition coefficient (Wildman–Crippen LogP) is 3.81. The number of carbonyl (C=O) groups excluding carboxylic acids is 3.